The van der Waals surface area contributed by atoms with Gasteiger partial charge in [0, 0.05) is 6.61 Å². The third kappa shape index (κ3) is 9.85. The highest BCUT2D eigenvalue weighted by Gasteiger charge is 2.18. The van der Waals surface area contributed by atoms with Crippen LogP contribution in [0.1, 0.15) is 13.3 Å². The van der Waals surface area contributed by atoms with Gasteiger partial charge in [0.05, 0.1) is 6.61 Å². The lowest BCUT2D eigenvalue weighted by atomic mass is 10.4. The lowest BCUT2D eigenvalue weighted by Gasteiger charge is -2.10. The van der Waals surface area contributed by atoms with E-state index in [1.807, 2.05) is 6.92 Å². The van der Waals surface area contributed by atoms with Gasteiger partial charge in [0.2, 0.25) is 8.41 Å². The molecule has 0 fully saturated rings. The first kappa shape index (κ1) is 11.8. The van der Waals surface area contributed by atoms with Gasteiger partial charge >= 0.3 is 0 Å². The van der Waals surface area contributed by atoms with Crippen LogP contribution in [-0.2, 0) is 4.74 Å². The Labute approximate surface area is 75.8 Å². The van der Waals surface area contributed by atoms with Crippen molar-refractivity contribution in [3.05, 3.63) is 12.2 Å². The Bertz CT molecular complexity index is 140. The van der Waals surface area contributed by atoms with Gasteiger partial charge in [-0.25, -0.2) is 0 Å². The van der Waals surface area contributed by atoms with E-state index >= 15 is 0 Å². The Balaban J connectivity index is 3.17. The van der Waals surface area contributed by atoms with E-state index in [0.29, 0.717) is 19.3 Å². The van der Waals surface area contributed by atoms with E-state index in [2.05, 4.69) is 6.58 Å². The van der Waals surface area contributed by atoms with Crippen molar-refractivity contribution in [1.29, 1.82) is 0 Å². The zero-order valence-corrected chi connectivity index (χ0v) is 9.32. The van der Waals surface area contributed by atoms with Gasteiger partial charge in [-0.15, -0.1) is 0 Å². The summed E-state index contributed by atoms with van der Waals surface area (Å²) in [6.07, 6.45) is 0.836. The number of hydrogen-bond donors (Lipinski definition) is 0. The largest absolute Gasteiger partial charge is 0.377 e. The van der Waals surface area contributed by atoms with E-state index in [1.54, 1.807) is 13.1 Å². The first-order valence-electron chi connectivity index (χ1n) is 4.33. The van der Waals surface area contributed by atoms with Crippen molar-refractivity contribution in [3.63, 3.8) is 0 Å². The van der Waals surface area contributed by atoms with Gasteiger partial charge in [-0.05, 0) is 32.5 Å². The van der Waals surface area contributed by atoms with Crippen molar-refractivity contribution in [1.82, 2.24) is 0 Å². The first-order chi connectivity index (χ1) is 5.42. The monoisotopic (exact) mass is 190 g/mol. The van der Waals surface area contributed by atoms with Gasteiger partial charge in [0.1, 0.15) is 0 Å². The third-order valence-electron chi connectivity index (χ3n) is 1.41. The maximum Gasteiger partial charge on any atom is 0.241 e. The van der Waals surface area contributed by atoms with Crippen LogP contribution in [0.15, 0.2) is 12.2 Å². The van der Waals surface area contributed by atoms with Gasteiger partial charge in [-0.2, -0.15) is 0 Å². The minimum atomic E-state index is -2.34. The average molecular weight is 190 g/mol. The maximum absolute atomic E-state index is 13.0. The molecule has 0 heterocycles. The number of ether oxygens (including phenoxy) is 1. The molecule has 0 saturated carbocycles. The number of halogens is 1. The Morgan fingerprint density at radius 3 is 2.50 bits per heavy atom. The topological polar surface area (TPSA) is 9.23 Å². The van der Waals surface area contributed by atoms with Gasteiger partial charge in [0.25, 0.3) is 0 Å². The van der Waals surface area contributed by atoms with E-state index in [-0.39, 0.29) is 0 Å². The standard InChI is InChI=1S/C9H19FOSi/c1-9(2)8-11-6-5-7-12(3,4)10/h1,5-8H2,2-4H3. The van der Waals surface area contributed by atoms with Gasteiger partial charge in [-0.3, -0.25) is 0 Å². The fourth-order valence-electron chi connectivity index (χ4n) is 0.841. The maximum atomic E-state index is 13.0. The van der Waals surface area contributed by atoms with E-state index in [1.165, 1.54) is 0 Å². The van der Waals surface area contributed by atoms with Crippen molar-refractivity contribution >= 4 is 8.41 Å². The molecule has 0 aliphatic rings. The molecule has 0 rings (SSSR count). The van der Waals surface area contributed by atoms with Crippen LogP contribution in [0, 0.1) is 0 Å². The number of hydrogen-bond acceptors (Lipinski definition) is 1. The molecular weight excluding hydrogens is 171 g/mol. The van der Waals surface area contributed by atoms with E-state index in [4.69, 9.17) is 4.74 Å². The highest BCUT2D eigenvalue weighted by atomic mass is 28.4. The van der Waals surface area contributed by atoms with Crippen LogP contribution in [0.4, 0.5) is 4.11 Å². The van der Waals surface area contributed by atoms with Crippen molar-refractivity contribution in [3.8, 4) is 0 Å². The Hall–Kier alpha value is -0.153. The molecule has 0 unspecified atom stereocenters. The highest BCUT2D eigenvalue weighted by molar-refractivity contribution is 6.70. The van der Waals surface area contributed by atoms with Crippen molar-refractivity contribution in [2.75, 3.05) is 13.2 Å². The van der Waals surface area contributed by atoms with Crippen molar-refractivity contribution < 1.29 is 8.84 Å². The highest BCUT2D eigenvalue weighted by Crippen LogP contribution is 2.12. The smallest absolute Gasteiger partial charge is 0.241 e. The van der Waals surface area contributed by atoms with Crippen molar-refractivity contribution in [2.45, 2.75) is 32.5 Å². The lowest BCUT2D eigenvalue weighted by Crippen LogP contribution is -2.18. The molecule has 0 aliphatic heterocycles. The van der Waals surface area contributed by atoms with Crippen LogP contribution >= 0.6 is 0 Å². The minimum absolute atomic E-state index is 0.605. The summed E-state index contributed by atoms with van der Waals surface area (Å²) in [5.41, 5.74) is 1.02. The second-order valence-electron chi connectivity index (χ2n) is 3.83. The second kappa shape index (κ2) is 5.49. The fraction of sp³-hybridized carbons (Fsp3) is 0.778. The molecular formula is C9H19FOSi. The summed E-state index contributed by atoms with van der Waals surface area (Å²) >= 11 is 0. The Morgan fingerprint density at radius 2 is 2.08 bits per heavy atom. The molecule has 0 aromatic carbocycles. The van der Waals surface area contributed by atoms with E-state index in [0.717, 1.165) is 12.0 Å². The van der Waals surface area contributed by atoms with Crippen LogP contribution in [0.3, 0.4) is 0 Å². The molecule has 0 amide bonds. The van der Waals surface area contributed by atoms with Crippen LogP contribution < -0.4 is 0 Å². The van der Waals surface area contributed by atoms with Gasteiger partial charge in [0.15, 0.2) is 0 Å². The Morgan fingerprint density at radius 1 is 1.50 bits per heavy atom. The molecule has 72 valence electrons. The molecule has 0 N–H and O–H groups in total. The number of rotatable bonds is 6. The van der Waals surface area contributed by atoms with Gasteiger partial charge < -0.3 is 8.84 Å². The first-order valence-corrected chi connectivity index (χ1v) is 7.41. The molecule has 0 saturated heterocycles. The molecule has 0 aromatic rings. The van der Waals surface area contributed by atoms with Crippen LogP contribution in [0.25, 0.3) is 0 Å². The second-order valence-corrected chi connectivity index (χ2v) is 7.77. The zero-order chi connectivity index (χ0) is 9.61. The molecule has 0 aliphatic carbocycles. The Kier molecular flexibility index (Phi) is 5.42. The lowest BCUT2D eigenvalue weighted by molar-refractivity contribution is 0.156. The van der Waals surface area contributed by atoms with E-state index < -0.39 is 8.41 Å². The predicted octanol–water partition coefficient (Wildman–Crippen LogP) is 3.14. The summed E-state index contributed by atoms with van der Waals surface area (Å²) in [5.74, 6) is 0. The molecule has 0 atom stereocenters. The zero-order valence-electron chi connectivity index (χ0n) is 8.32. The summed E-state index contributed by atoms with van der Waals surface area (Å²) in [5, 5.41) is 0. The molecule has 0 spiro atoms. The molecule has 0 aromatic heterocycles. The average Bonchev–Trinajstić information content (AvgIpc) is 1.83. The SMILES string of the molecule is C=C(C)COCCC[Si](C)(C)F. The third-order valence-corrected chi connectivity index (χ3v) is 2.95. The normalized spacial score (nSPS) is 11.7. The van der Waals surface area contributed by atoms with Gasteiger partial charge in [-0.1, -0.05) is 12.2 Å². The summed E-state index contributed by atoms with van der Waals surface area (Å²) in [7, 11) is -2.34. The quantitative estimate of drug-likeness (QED) is 0.270. The summed E-state index contributed by atoms with van der Waals surface area (Å²) in [4.78, 5) is 0. The van der Waals surface area contributed by atoms with E-state index in [9.17, 15) is 4.11 Å². The molecule has 3 heteroatoms. The minimum Gasteiger partial charge on any atom is -0.377 e. The van der Waals surface area contributed by atoms with Crippen LogP contribution in [0.2, 0.25) is 19.1 Å². The molecule has 0 bridgehead atoms. The fourth-order valence-corrected chi connectivity index (χ4v) is 1.83. The van der Waals surface area contributed by atoms with Crippen LogP contribution in [0.5, 0.6) is 0 Å². The van der Waals surface area contributed by atoms with Crippen molar-refractivity contribution in [2.24, 2.45) is 0 Å². The summed E-state index contributed by atoms with van der Waals surface area (Å²) < 4.78 is 18.3. The molecule has 12 heavy (non-hydrogen) atoms. The molecule has 1 nitrogen and oxygen atoms in total. The molecule has 0 radical (unpaired) electrons. The predicted molar refractivity (Wildman–Crippen MR) is 53.6 cm³/mol. The summed E-state index contributed by atoms with van der Waals surface area (Å²) in [6, 6.07) is 0.698. The van der Waals surface area contributed by atoms with Crippen LogP contribution in [-0.4, -0.2) is 21.6 Å². The summed E-state index contributed by atoms with van der Waals surface area (Å²) in [6.45, 7) is 10.4.